The largest absolute Gasteiger partial charge is 0.294 e. The lowest BCUT2D eigenvalue weighted by Gasteiger charge is -2.17. The van der Waals surface area contributed by atoms with Crippen LogP contribution in [0.3, 0.4) is 0 Å². The van der Waals surface area contributed by atoms with Crippen LogP contribution in [0, 0.1) is 18.2 Å². The summed E-state index contributed by atoms with van der Waals surface area (Å²) in [6.45, 7) is 7.91. The second-order valence-electron chi connectivity index (χ2n) is 5.42. The number of carbonyl (C=O) groups is 1. The monoisotopic (exact) mass is 222 g/mol. The average molecular weight is 222 g/mol. The zero-order valence-corrected chi connectivity index (χ0v) is 10.4. The van der Waals surface area contributed by atoms with Gasteiger partial charge in [0.15, 0.2) is 5.78 Å². The third-order valence-electron chi connectivity index (χ3n) is 2.59. The third-order valence-corrected chi connectivity index (χ3v) is 2.59. The number of carbonyl (C=O) groups excluding carboxylic acids is 1. The fourth-order valence-corrected chi connectivity index (χ4v) is 1.49. The van der Waals surface area contributed by atoms with E-state index in [0.717, 1.165) is 6.42 Å². The molecule has 0 fully saturated rings. The molecule has 0 saturated heterocycles. The number of aryl methyl sites for hydroxylation is 1. The highest BCUT2D eigenvalue weighted by molar-refractivity contribution is 5.96. The van der Waals surface area contributed by atoms with Crippen LogP contribution in [0.4, 0.5) is 4.39 Å². The maximum Gasteiger partial charge on any atom is 0.165 e. The number of rotatable bonds is 3. The molecule has 0 aromatic heterocycles. The summed E-state index contributed by atoms with van der Waals surface area (Å²) in [7, 11) is 0. The normalized spacial score (nSPS) is 11.6. The highest BCUT2D eigenvalue weighted by Gasteiger charge is 2.17. The predicted molar refractivity (Wildman–Crippen MR) is 64.2 cm³/mol. The van der Waals surface area contributed by atoms with Crippen LogP contribution in [-0.2, 0) is 0 Å². The van der Waals surface area contributed by atoms with Gasteiger partial charge in [0.2, 0.25) is 0 Å². The van der Waals surface area contributed by atoms with E-state index in [4.69, 9.17) is 0 Å². The number of Topliss-reactive ketones (excluding diaryl/α,β-unsaturated/α-hetero) is 1. The van der Waals surface area contributed by atoms with Gasteiger partial charge in [0.1, 0.15) is 5.82 Å². The lowest BCUT2D eigenvalue weighted by atomic mass is 9.88. The molecule has 0 radical (unpaired) electrons. The molecule has 1 nitrogen and oxygen atoms in total. The maximum atomic E-state index is 13.7. The van der Waals surface area contributed by atoms with E-state index in [9.17, 15) is 9.18 Å². The number of benzene rings is 1. The van der Waals surface area contributed by atoms with Gasteiger partial charge in [-0.1, -0.05) is 32.9 Å². The van der Waals surface area contributed by atoms with Gasteiger partial charge < -0.3 is 0 Å². The van der Waals surface area contributed by atoms with Gasteiger partial charge in [0, 0.05) is 6.42 Å². The summed E-state index contributed by atoms with van der Waals surface area (Å²) in [5.41, 5.74) is 0.863. The molecule has 0 atom stereocenters. The molecule has 0 aliphatic carbocycles. The molecule has 1 aromatic rings. The highest BCUT2D eigenvalue weighted by atomic mass is 19.1. The molecule has 0 N–H and O–H groups in total. The summed E-state index contributed by atoms with van der Waals surface area (Å²) < 4.78 is 13.7. The van der Waals surface area contributed by atoms with Crippen molar-refractivity contribution in [2.24, 2.45) is 5.41 Å². The van der Waals surface area contributed by atoms with Crippen molar-refractivity contribution >= 4 is 5.78 Å². The molecule has 0 spiro atoms. The Bertz CT molecular complexity index is 388. The molecular formula is C14H19FO. The van der Waals surface area contributed by atoms with E-state index in [1.54, 1.807) is 25.1 Å². The third kappa shape index (κ3) is 3.44. The molecule has 0 saturated carbocycles. The Hall–Kier alpha value is -1.18. The molecule has 0 unspecified atom stereocenters. The van der Waals surface area contributed by atoms with Gasteiger partial charge in [-0.05, 0) is 30.4 Å². The fraction of sp³-hybridized carbons (Fsp3) is 0.500. The Morgan fingerprint density at radius 1 is 1.31 bits per heavy atom. The molecule has 2 heteroatoms. The first-order chi connectivity index (χ1) is 7.31. The maximum absolute atomic E-state index is 13.7. The van der Waals surface area contributed by atoms with E-state index in [2.05, 4.69) is 20.8 Å². The smallest absolute Gasteiger partial charge is 0.165 e. The van der Waals surface area contributed by atoms with Crippen LogP contribution in [0.5, 0.6) is 0 Å². The van der Waals surface area contributed by atoms with E-state index in [-0.39, 0.29) is 22.6 Å². The second-order valence-corrected chi connectivity index (χ2v) is 5.42. The fourth-order valence-electron chi connectivity index (χ4n) is 1.49. The van der Waals surface area contributed by atoms with E-state index in [1.807, 2.05) is 0 Å². The molecule has 0 aliphatic rings. The van der Waals surface area contributed by atoms with Crippen LogP contribution in [0.15, 0.2) is 18.2 Å². The van der Waals surface area contributed by atoms with Gasteiger partial charge in [-0.15, -0.1) is 0 Å². The Morgan fingerprint density at radius 2 is 1.94 bits per heavy atom. The van der Waals surface area contributed by atoms with Crippen LogP contribution >= 0.6 is 0 Å². The van der Waals surface area contributed by atoms with E-state index < -0.39 is 0 Å². The summed E-state index contributed by atoms with van der Waals surface area (Å²) in [6.07, 6.45) is 1.18. The second kappa shape index (κ2) is 4.77. The van der Waals surface area contributed by atoms with Crippen molar-refractivity contribution in [2.75, 3.05) is 0 Å². The standard InChI is InChI=1S/C14H19FO/c1-10-6-5-7-11(13(10)15)12(16)8-9-14(2,3)4/h5-7H,8-9H2,1-4H3. The number of ketones is 1. The minimum absolute atomic E-state index is 0.101. The minimum atomic E-state index is -0.374. The Morgan fingerprint density at radius 3 is 2.50 bits per heavy atom. The van der Waals surface area contributed by atoms with Crippen LogP contribution in [0.2, 0.25) is 0 Å². The van der Waals surface area contributed by atoms with Gasteiger partial charge in [-0.25, -0.2) is 4.39 Å². The molecule has 0 aliphatic heterocycles. The van der Waals surface area contributed by atoms with E-state index >= 15 is 0 Å². The van der Waals surface area contributed by atoms with Crippen molar-refractivity contribution in [2.45, 2.75) is 40.5 Å². The summed E-state index contributed by atoms with van der Waals surface area (Å²) in [4.78, 5) is 11.8. The zero-order chi connectivity index (χ0) is 12.3. The van der Waals surface area contributed by atoms with Crippen LogP contribution in [0.25, 0.3) is 0 Å². The lowest BCUT2D eigenvalue weighted by Crippen LogP contribution is -2.10. The molecule has 1 rings (SSSR count). The number of hydrogen-bond donors (Lipinski definition) is 0. The topological polar surface area (TPSA) is 17.1 Å². The number of hydrogen-bond acceptors (Lipinski definition) is 1. The molecular weight excluding hydrogens is 203 g/mol. The summed E-state index contributed by atoms with van der Waals surface area (Å²) in [6, 6.07) is 4.96. The highest BCUT2D eigenvalue weighted by Crippen LogP contribution is 2.23. The van der Waals surface area contributed by atoms with Crippen molar-refractivity contribution in [1.82, 2.24) is 0 Å². The van der Waals surface area contributed by atoms with Crippen LogP contribution in [-0.4, -0.2) is 5.78 Å². The van der Waals surface area contributed by atoms with Gasteiger partial charge in [0.25, 0.3) is 0 Å². The average Bonchev–Trinajstić information content (AvgIpc) is 2.17. The first-order valence-corrected chi connectivity index (χ1v) is 5.59. The van der Waals surface area contributed by atoms with Crippen molar-refractivity contribution < 1.29 is 9.18 Å². The van der Waals surface area contributed by atoms with Crippen molar-refractivity contribution in [3.8, 4) is 0 Å². The Balaban J connectivity index is 2.78. The molecule has 0 bridgehead atoms. The van der Waals surface area contributed by atoms with Crippen molar-refractivity contribution in [3.63, 3.8) is 0 Å². The zero-order valence-electron chi connectivity index (χ0n) is 10.4. The molecule has 0 amide bonds. The predicted octanol–water partition coefficient (Wildman–Crippen LogP) is 4.14. The van der Waals surface area contributed by atoms with Crippen LogP contribution in [0.1, 0.15) is 49.5 Å². The summed E-state index contributed by atoms with van der Waals surface area (Å²) >= 11 is 0. The molecule has 0 heterocycles. The van der Waals surface area contributed by atoms with Gasteiger partial charge in [0.05, 0.1) is 5.56 Å². The van der Waals surface area contributed by atoms with Gasteiger partial charge in [-0.3, -0.25) is 4.79 Å². The minimum Gasteiger partial charge on any atom is -0.294 e. The van der Waals surface area contributed by atoms with Crippen molar-refractivity contribution in [1.29, 1.82) is 0 Å². The molecule has 1 aromatic carbocycles. The van der Waals surface area contributed by atoms with E-state index in [1.165, 1.54) is 0 Å². The Kier molecular flexibility index (Phi) is 3.84. The quantitative estimate of drug-likeness (QED) is 0.702. The Labute approximate surface area is 96.7 Å². The van der Waals surface area contributed by atoms with Crippen molar-refractivity contribution in [3.05, 3.63) is 35.1 Å². The lowest BCUT2D eigenvalue weighted by molar-refractivity contribution is 0.0962. The van der Waals surface area contributed by atoms with E-state index in [0.29, 0.717) is 12.0 Å². The SMILES string of the molecule is Cc1cccc(C(=O)CCC(C)(C)C)c1F. The molecule has 88 valence electrons. The van der Waals surface area contributed by atoms with Crippen LogP contribution < -0.4 is 0 Å². The molecule has 16 heavy (non-hydrogen) atoms. The summed E-state index contributed by atoms with van der Waals surface area (Å²) in [5, 5.41) is 0. The van der Waals surface area contributed by atoms with Gasteiger partial charge in [-0.2, -0.15) is 0 Å². The first kappa shape index (κ1) is 12.9. The first-order valence-electron chi connectivity index (χ1n) is 5.59. The number of halogens is 1. The summed E-state index contributed by atoms with van der Waals surface area (Å²) in [5.74, 6) is -0.475. The van der Waals surface area contributed by atoms with Gasteiger partial charge >= 0.3 is 0 Å².